The Morgan fingerprint density at radius 2 is 1.57 bits per heavy atom. The summed E-state index contributed by atoms with van der Waals surface area (Å²) < 4.78 is 5.42. The molecule has 0 amide bonds. The van der Waals surface area contributed by atoms with Gasteiger partial charge >= 0.3 is 5.97 Å². The summed E-state index contributed by atoms with van der Waals surface area (Å²) in [6, 6.07) is 20.5. The molecule has 0 aromatic heterocycles. The quantitative estimate of drug-likeness (QED) is 0.805. The van der Waals surface area contributed by atoms with E-state index < -0.39 is 5.41 Å². The smallest absolute Gasteiger partial charge is 0.316 e. The van der Waals surface area contributed by atoms with E-state index in [1.54, 1.807) is 0 Å². The second kappa shape index (κ2) is 6.86. The number of piperidine rings is 1. The van der Waals surface area contributed by atoms with Crippen molar-refractivity contribution in [1.29, 1.82) is 0 Å². The van der Waals surface area contributed by atoms with Crippen LogP contribution >= 0.6 is 0 Å². The van der Waals surface area contributed by atoms with Crippen LogP contribution in [0.5, 0.6) is 0 Å². The summed E-state index contributed by atoms with van der Waals surface area (Å²) >= 11 is 0. The largest absolute Gasteiger partial charge is 0.465 e. The van der Waals surface area contributed by atoms with Crippen LogP contribution in [0.1, 0.15) is 25.3 Å². The van der Waals surface area contributed by atoms with Crippen molar-refractivity contribution in [2.75, 3.05) is 24.6 Å². The Balaban J connectivity index is 1.84. The molecule has 3 rings (SSSR count). The molecule has 1 aliphatic heterocycles. The van der Waals surface area contributed by atoms with E-state index >= 15 is 0 Å². The first kappa shape index (κ1) is 15.6. The van der Waals surface area contributed by atoms with E-state index in [-0.39, 0.29) is 5.97 Å². The summed E-state index contributed by atoms with van der Waals surface area (Å²) in [5.41, 5.74) is 1.78. The Morgan fingerprint density at radius 1 is 1.00 bits per heavy atom. The Bertz CT molecular complexity index is 631. The topological polar surface area (TPSA) is 29.5 Å². The van der Waals surface area contributed by atoms with Gasteiger partial charge in [0.2, 0.25) is 0 Å². The average Bonchev–Trinajstić information content (AvgIpc) is 2.63. The fourth-order valence-electron chi connectivity index (χ4n) is 3.42. The average molecular weight is 309 g/mol. The monoisotopic (exact) mass is 309 g/mol. The number of para-hydroxylation sites is 1. The normalized spacial score (nSPS) is 16.8. The second-order valence-corrected chi connectivity index (χ2v) is 5.99. The Labute approximate surface area is 137 Å². The van der Waals surface area contributed by atoms with Gasteiger partial charge in [-0.15, -0.1) is 0 Å². The minimum atomic E-state index is -0.511. The van der Waals surface area contributed by atoms with Crippen LogP contribution in [0.2, 0.25) is 0 Å². The Kier molecular flexibility index (Phi) is 4.65. The first-order chi connectivity index (χ1) is 11.3. The molecule has 1 saturated heterocycles. The molecule has 2 aromatic carbocycles. The molecular weight excluding hydrogens is 286 g/mol. The van der Waals surface area contributed by atoms with Crippen LogP contribution in [0.15, 0.2) is 60.7 Å². The van der Waals surface area contributed by atoms with Crippen LogP contribution in [0.3, 0.4) is 0 Å². The maximum atomic E-state index is 12.7. The molecule has 3 nitrogen and oxygen atoms in total. The van der Waals surface area contributed by atoms with Crippen molar-refractivity contribution in [2.24, 2.45) is 0 Å². The number of carbonyl (C=O) groups excluding carboxylic acids is 1. The van der Waals surface area contributed by atoms with E-state index in [0.29, 0.717) is 6.61 Å². The van der Waals surface area contributed by atoms with Crippen molar-refractivity contribution in [1.82, 2.24) is 0 Å². The predicted molar refractivity (Wildman–Crippen MR) is 92.6 cm³/mol. The number of carbonyl (C=O) groups is 1. The summed E-state index contributed by atoms with van der Waals surface area (Å²) in [7, 11) is 0. The van der Waals surface area contributed by atoms with Gasteiger partial charge < -0.3 is 9.64 Å². The zero-order chi connectivity index (χ0) is 16.1. The molecule has 23 heavy (non-hydrogen) atoms. The number of rotatable bonds is 4. The van der Waals surface area contributed by atoms with E-state index in [0.717, 1.165) is 31.5 Å². The summed E-state index contributed by atoms with van der Waals surface area (Å²) in [4.78, 5) is 15.1. The lowest BCUT2D eigenvalue weighted by Gasteiger charge is -2.41. The molecule has 2 aromatic rings. The van der Waals surface area contributed by atoms with Gasteiger partial charge in [0.1, 0.15) is 0 Å². The second-order valence-electron chi connectivity index (χ2n) is 5.99. The van der Waals surface area contributed by atoms with Crippen LogP contribution in [0.25, 0.3) is 0 Å². The zero-order valence-electron chi connectivity index (χ0n) is 13.6. The lowest BCUT2D eigenvalue weighted by atomic mass is 9.72. The number of ether oxygens (including phenoxy) is 1. The third kappa shape index (κ3) is 3.09. The molecule has 0 aliphatic carbocycles. The fourth-order valence-corrected chi connectivity index (χ4v) is 3.42. The maximum Gasteiger partial charge on any atom is 0.316 e. The molecule has 0 unspecified atom stereocenters. The summed E-state index contributed by atoms with van der Waals surface area (Å²) in [6.45, 7) is 4.01. The molecule has 0 saturated carbocycles. The molecule has 0 spiro atoms. The van der Waals surface area contributed by atoms with Crippen molar-refractivity contribution in [3.8, 4) is 0 Å². The van der Waals surface area contributed by atoms with Crippen molar-refractivity contribution in [2.45, 2.75) is 25.2 Å². The van der Waals surface area contributed by atoms with Gasteiger partial charge in [-0.1, -0.05) is 48.5 Å². The molecule has 120 valence electrons. The molecule has 0 atom stereocenters. The zero-order valence-corrected chi connectivity index (χ0v) is 13.6. The fraction of sp³-hybridized carbons (Fsp3) is 0.350. The van der Waals surface area contributed by atoms with E-state index in [4.69, 9.17) is 4.74 Å². The number of esters is 1. The maximum absolute atomic E-state index is 12.7. The third-order valence-corrected chi connectivity index (χ3v) is 4.73. The molecule has 3 heteroatoms. The number of benzene rings is 2. The molecule has 1 fully saturated rings. The lowest BCUT2D eigenvalue weighted by molar-refractivity contribution is -0.151. The van der Waals surface area contributed by atoms with Crippen molar-refractivity contribution in [3.63, 3.8) is 0 Å². The van der Waals surface area contributed by atoms with Gasteiger partial charge in [-0.3, -0.25) is 4.79 Å². The highest BCUT2D eigenvalue weighted by atomic mass is 16.5. The lowest BCUT2D eigenvalue weighted by Crippen LogP contribution is -2.48. The van der Waals surface area contributed by atoms with Crippen LogP contribution in [-0.2, 0) is 14.9 Å². The van der Waals surface area contributed by atoms with Gasteiger partial charge in [-0.05, 0) is 37.5 Å². The van der Waals surface area contributed by atoms with Gasteiger partial charge in [-0.2, -0.15) is 0 Å². The highest BCUT2D eigenvalue weighted by Gasteiger charge is 2.44. The summed E-state index contributed by atoms with van der Waals surface area (Å²) in [5, 5.41) is 0. The molecule has 1 heterocycles. The van der Waals surface area contributed by atoms with Gasteiger partial charge in [-0.25, -0.2) is 0 Å². The Morgan fingerprint density at radius 3 is 2.13 bits per heavy atom. The number of nitrogens with zero attached hydrogens (tertiary/aromatic N) is 1. The van der Waals surface area contributed by atoms with Crippen LogP contribution in [-0.4, -0.2) is 25.7 Å². The minimum absolute atomic E-state index is 0.0843. The van der Waals surface area contributed by atoms with Crippen LogP contribution in [0, 0.1) is 0 Å². The number of hydrogen-bond acceptors (Lipinski definition) is 3. The SMILES string of the molecule is CCOC(=O)C1(c2ccccc2)CCN(c2ccccc2)CC1. The van der Waals surface area contributed by atoms with E-state index in [2.05, 4.69) is 41.3 Å². The Hall–Kier alpha value is -2.29. The van der Waals surface area contributed by atoms with Crippen molar-refractivity contribution in [3.05, 3.63) is 66.2 Å². The first-order valence-electron chi connectivity index (χ1n) is 8.29. The number of hydrogen-bond donors (Lipinski definition) is 0. The summed E-state index contributed by atoms with van der Waals surface area (Å²) in [6.07, 6.45) is 1.56. The predicted octanol–water partition coefficient (Wildman–Crippen LogP) is 3.79. The molecule has 0 bridgehead atoms. The van der Waals surface area contributed by atoms with E-state index in [1.165, 1.54) is 5.69 Å². The van der Waals surface area contributed by atoms with Crippen LogP contribution in [0.4, 0.5) is 5.69 Å². The van der Waals surface area contributed by atoms with Gasteiger partial charge in [0.15, 0.2) is 0 Å². The van der Waals surface area contributed by atoms with E-state index in [9.17, 15) is 4.79 Å². The molecule has 0 N–H and O–H groups in total. The van der Waals surface area contributed by atoms with E-state index in [1.807, 2.05) is 31.2 Å². The summed E-state index contributed by atoms with van der Waals surface area (Å²) in [5.74, 6) is -0.0843. The van der Waals surface area contributed by atoms with Crippen LogP contribution < -0.4 is 4.90 Å². The highest BCUT2D eigenvalue weighted by molar-refractivity contribution is 5.83. The van der Waals surface area contributed by atoms with Crippen molar-refractivity contribution >= 4 is 11.7 Å². The first-order valence-corrected chi connectivity index (χ1v) is 8.29. The molecular formula is C20H23NO2. The minimum Gasteiger partial charge on any atom is -0.465 e. The standard InChI is InChI=1S/C20H23NO2/c1-2-23-19(22)20(17-9-5-3-6-10-17)13-15-21(16-14-20)18-11-7-4-8-12-18/h3-12H,2,13-16H2,1H3. The molecule has 1 aliphatic rings. The van der Waals surface area contributed by atoms with Crippen molar-refractivity contribution < 1.29 is 9.53 Å². The van der Waals surface area contributed by atoms with Gasteiger partial charge in [0.05, 0.1) is 12.0 Å². The van der Waals surface area contributed by atoms with Gasteiger partial charge in [0.25, 0.3) is 0 Å². The van der Waals surface area contributed by atoms with Gasteiger partial charge in [0, 0.05) is 18.8 Å². The number of anilines is 1. The molecule has 0 radical (unpaired) electrons. The highest BCUT2D eigenvalue weighted by Crippen LogP contribution is 2.38. The third-order valence-electron chi connectivity index (χ3n) is 4.73.